The van der Waals surface area contributed by atoms with E-state index in [9.17, 15) is 18.0 Å². The van der Waals surface area contributed by atoms with Gasteiger partial charge < -0.3 is 30.2 Å². The molecule has 1 spiro atoms. The molecule has 2 aromatic heterocycles. The Kier molecular flexibility index (Phi) is 10.4. The van der Waals surface area contributed by atoms with E-state index in [1.165, 1.54) is 16.8 Å². The highest BCUT2D eigenvalue weighted by atomic mass is 19.4. The fourth-order valence-electron chi connectivity index (χ4n) is 6.75. The molecule has 4 aromatic rings. The zero-order chi connectivity index (χ0) is 36.3. The van der Waals surface area contributed by atoms with Gasteiger partial charge in [0.15, 0.2) is 0 Å². The number of nitrogens with two attached hydrogens (primary N) is 1. The van der Waals surface area contributed by atoms with Crippen LogP contribution in [0.15, 0.2) is 60.8 Å². The lowest BCUT2D eigenvalue weighted by Gasteiger charge is -2.39. The molecular formula is C37H44F3N7O4. The zero-order valence-corrected chi connectivity index (χ0v) is 29.2. The van der Waals surface area contributed by atoms with E-state index in [0.29, 0.717) is 55.5 Å². The SMILES string of the molecule is CCCOC(=O)[C@@H]1CC2(CCN(c3cc(O[C@H](c4ccc(-c5ccc(OC(C)C)cc5)cc4-n4ccc(C)n4)C(F)(F)F)nc(N)n3)CC2)CN1. The lowest BCUT2D eigenvalue weighted by atomic mass is 9.76. The third-order valence-electron chi connectivity index (χ3n) is 9.33. The topological polar surface area (TPSA) is 130 Å². The summed E-state index contributed by atoms with van der Waals surface area (Å²) in [4.78, 5) is 22.8. The van der Waals surface area contributed by atoms with E-state index >= 15 is 0 Å². The smallest absolute Gasteiger partial charge is 0.429 e. The van der Waals surface area contributed by atoms with Crippen LogP contribution in [0.4, 0.5) is 24.9 Å². The van der Waals surface area contributed by atoms with Crippen LogP contribution < -0.4 is 25.4 Å². The number of rotatable bonds is 11. The molecule has 0 aliphatic carbocycles. The number of carbonyl (C=O) groups excluding carboxylic acids is 1. The van der Waals surface area contributed by atoms with Crippen LogP contribution in [-0.4, -0.2) is 70.3 Å². The van der Waals surface area contributed by atoms with Gasteiger partial charge in [-0.15, -0.1) is 0 Å². The minimum absolute atomic E-state index is 0.00356. The number of piperidine rings is 1. The predicted octanol–water partition coefficient (Wildman–Crippen LogP) is 6.59. The number of halogens is 3. The monoisotopic (exact) mass is 707 g/mol. The summed E-state index contributed by atoms with van der Waals surface area (Å²) >= 11 is 0. The van der Waals surface area contributed by atoms with Crippen molar-refractivity contribution in [2.75, 3.05) is 36.9 Å². The third-order valence-corrected chi connectivity index (χ3v) is 9.33. The predicted molar refractivity (Wildman–Crippen MR) is 187 cm³/mol. The lowest BCUT2D eigenvalue weighted by molar-refractivity contribution is -0.198. The van der Waals surface area contributed by atoms with Crippen LogP contribution in [-0.2, 0) is 9.53 Å². The number of nitrogens with zero attached hydrogens (tertiary/aromatic N) is 5. The van der Waals surface area contributed by atoms with E-state index < -0.39 is 12.3 Å². The zero-order valence-electron chi connectivity index (χ0n) is 29.2. The molecular weight excluding hydrogens is 663 g/mol. The number of ether oxygens (including phenoxy) is 3. The molecule has 0 amide bonds. The molecule has 14 heteroatoms. The van der Waals surface area contributed by atoms with Gasteiger partial charge in [-0.2, -0.15) is 28.2 Å². The molecule has 2 aliphatic heterocycles. The van der Waals surface area contributed by atoms with Gasteiger partial charge in [-0.25, -0.2) is 4.68 Å². The summed E-state index contributed by atoms with van der Waals surface area (Å²) in [6.07, 6.45) is -2.65. The first kappa shape index (κ1) is 36.0. The van der Waals surface area contributed by atoms with Crippen molar-refractivity contribution in [3.63, 3.8) is 0 Å². The number of anilines is 2. The largest absolute Gasteiger partial charge is 0.491 e. The standard InChI is InChI=1S/C37H44F3N7O4/c1-5-18-49-34(48)29-21-36(22-42-29)13-16-46(17-14-36)31-20-32(44-35(41)43-31)51-33(37(38,39)40)28-11-8-26(19-30(28)47-15-12-24(4)45-47)25-6-9-27(10-7-25)50-23(2)3/h6-12,15,19-20,23,29,33,42H,5,13-14,16-18,21-22H2,1-4H3,(H2,41,43,44)/t29-,33+/m0/s1. The maximum absolute atomic E-state index is 15.0. The Bertz CT molecular complexity index is 1820. The van der Waals surface area contributed by atoms with Gasteiger partial charge in [0.25, 0.3) is 0 Å². The number of esters is 1. The molecule has 6 rings (SSSR count). The van der Waals surface area contributed by atoms with Gasteiger partial charge in [0.05, 0.1) is 24.1 Å². The molecule has 4 heterocycles. The van der Waals surface area contributed by atoms with Crippen LogP contribution in [0.1, 0.15) is 63.8 Å². The molecule has 0 saturated carbocycles. The van der Waals surface area contributed by atoms with Gasteiger partial charge in [0.2, 0.25) is 17.9 Å². The Morgan fingerprint density at radius 1 is 1.04 bits per heavy atom. The fourth-order valence-corrected chi connectivity index (χ4v) is 6.75. The molecule has 51 heavy (non-hydrogen) atoms. The summed E-state index contributed by atoms with van der Waals surface area (Å²) in [7, 11) is 0. The number of nitrogens with one attached hydrogen (secondary N) is 1. The molecule has 0 radical (unpaired) electrons. The van der Waals surface area contributed by atoms with Gasteiger partial charge in [0.1, 0.15) is 17.6 Å². The lowest BCUT2D eigenvalue weighted by Crippen LogP contribution is -2.41. The van der Waals surface area contributed by atoms with Crippen molar-refractivity contribution in [1.29, 1.82) is 0 Å². The quantitative estimate of drug-likeness (QED) is 0.165. The highest BCUT2D eigenvalue weighted by Crippen LogP contribution is 2.43. The summed E-state index contributed by atoms with van der Waals surface area (Å²) < 4.78 is 63.1. The van der Waals surface area contributed by atoms with E-state index in [4.69, 9.17) is 19.9 Å². The van der Waals surface area contributed by atoms with Crippen LogP contribution in [0.3, 0.4) is 0 Å². The van der Waals surface area contributed by atoms with Crippen molar-refractivity contribution in [2.45, 2.75) is 77.8 Å². The molecule has 0 unspecified atom stereocenters. The summed E-state index contributed by atoms with van der Waals surface area (Å²) in [5.41, 5.74) is 8.16. The average Bonchev–Trinajstić information content (AvgIpc) is 3.72. The second-order valence-electron chi connectivity index (χ2n) is 13.6. The van der Waals surface area contributed by atoms with Crippen LogP contribution in [0, 0.1) is 12.3 Å². The first-order valence-corrected chi connectivity index (χ1v) is 17.3. The maximum atomic E-state index is 15.0. The molecule has 272 valence electrons. The Balaban J connectivity index is 1.24. The van der Waals surface area contributed by atoms with Crippen LogP contribution in [0.5, 0.6) is 11.6 Å². The van der Waals surface area contributed by atoms with Gasteiger partial charge in [0, 0.05) is 37.5 Å². The molecule has 11 nitrogen and oxygen atoms in total. The average molecular weight is 708 g/mol. The Morgan fingerprint density at radius 2 is 1.76 bits per heavy atom. The second-order valence-corrected chi connectivity index (χ2v) is 13.6. The van der Waals surface area contributed by atoms with Crippen molar-refractivity contribution >= 4 is 17.7 Å². The number of nitrogen functional groups attached to an aromatic ring is 1. The third kappa shape index (κ3) is 8.38. The number of alkyl halides is 3. The number of hydrogen-bond acceptors (Lipinski definition) is 10. The van der Waals surface area contributed by atoms with E-state index in [1.807, 2.05) is 49.9 Å². The van der Waals surface area contributed by atoms with Crippen molar-refractivity contribution in [3.8, 4) is 28.4 Å². The highest BCUT2D eigenvalue weighted by molar-refractivity contribution is 5.76. The normalized spacial score (nSPS) is 17.9. The second kappa shape index (κ2) is 14.8. The maximum Gasteiger partial charge on any atom is 0.429 e. The Morgan fingerprint density at radius 3 is 2.41 bits per heavy atom. The first-order valence-electron chi connectivity index (χ1n) is 17.3. The summed E-state index contributed by atoms with van der Waals surface area (Å²) in [5, 5.41) is 7.74. The highest BCUT2D eigenvalue weighted by Gasteiger charge is 2.46. The molecule has 2 aromatic carbocycles. The van der Waals surface area contributed by atoms with Gasteiger partial charge in [-0.3, -0.25) is 4.79 Å². The van der Waals surface area contributed by atoms with Gasteiger partial charge >= 0.3 is 12.1 Å². The molecule has 2 atom stereocenters. The van der Waals surface area contributed by atoms with E-state index in [-0.39, 0.29) is 46.6 Å². The van der Waals surface area contributed by atoms with Crippen molar-refractivity contribution in [1.82, 2.24) is 25.1 Å². The summed E-state index contributed by atoms with van der Waals surface area (Å²) in [5.74, 6) is 0.343. The van der Waals surface area contributed by atoms with Crippen molar-refractivity contribution in [3.05, 3.63) is 72.1 Å². The number of aryl methyl sites for hydroxylation is 1. The summed E-state index contributed by atoms with van der Waals surface area (Å²) in [6.45, 7) is 9.82. The molecule has 2 fully saturated rings. The minimum atomic E-state index is -4.82. The van der Waals surface area contributed by atoms with Crippen LogP contribution in [0.25, 0.3) is 16.8 Å². The van der Waals surface area contributed by atoms with E-state index in [1.54, 1.807) is 31.3 Å². The van der Waals surface area contributed by atoms with Gasteiger partial charge in [-0.05, 0) is 87.3 Å². The molecule has 2 aliphatic rings. The molecule has 3 N–H and O–H groups in total. The fraction of sp³-hybridized carbons (Fsp3) is 0.459. The summed E-state index contributed by atoms with van der Waals surface area (Å²) in [6, 6.07) is 14.9. The number of benzene rings is 2. The first-order chi connectivity index (χ1) is 24.3. The van der Waals surface area contributed by atoms with Gasteiger partial charge in [-0.1, -0.05) is 31.2 Å². The van der Waals surface area contributed by atoms with E-state index in [0.717, 1.165) is 24.8 Å². The molecule has 0 bridgehead atoms. The Labute approximate surface area is 295 Å². The number of carbonyl (C=O) groups is 1. The number of aromatic nitrogens is 4. The minimum Gasteiger partial charge on any atom is -0.491 e. The van der Waals surface area contributed by atoms with E-state index in [2.05, 4.69) is 20.4 Å². The molecule has 2 saturated heterocycles. The van der Waals surface area contributed by atoms with Crippen LogP contribution in [0.2, 0.25) is 0 Å². The Hall–Kier alpha value is -4.85. The van der Waals surface area contributed by atoms with Crippen molar-refractivity contribution in [2.24, 2.45) is 5.41 Å². The van der Waals surface area contributed by atoms with Crippen molar-refractivity contribution < 1.29 is 32.2 Å². The van der Waals surface area contributed by atoms with Crippen LogP contribution >= 0.6 is 0 Å². The number of hydrogen-bond donors (Lipinski definition) is 2.